The number of ether oxygens (including phenoxy) is 1. The Hall–Kier alpha value is -0.670. The number of nitrogens with one attached hydrogen (secondary N) is 1. The molecule has 1 N–H and O–H groups in total. The molecule has 0 aliphatic heterocycles. The summed E-state index contributed by atoms with van der Waals surface area (Å²) in [6.07, 6.45) is 0. The zero-order chi connectivity index (χ0) is 10.4. The standard InChI is InChI=1S/C11H17NOS/c1-9(12-7-8-14)10-3-5-11(13-2)6-4-10/h3-6,9,12,14H,7-8H2,1-2H3. The number of hydrogen-bond acceptors (Lipinski definition) is 3. The van der Waals surface area contributed by atoms with E-state index in [1.807, 2.05) is 12.1 Å². The molecule has 1 aromatic carbocycles. The van der Waals surface area contributed by atoms with Crippen molar-refractivity contribution in [3.8, 4) is 5.75 Å². The first kappa shape index (κ1) is 11.4. The first-order valence-electron chi connectivity index (χ1n) is 4.76. The highest BCUT2D eigenvalue weighted by Crippen LogP contribution is 2.16. The highest BCUT2D eigenvalue weighted by Gasteiger charge is 2.03. The second kappa shape index (κ2) is 5.94. The van der Waals surface area contributed by atoms with E-state index in [4.69, 9.17) is 4.74 Å². The normalized spacial score (nSPS) is 12.5. The largest absolute Gasteiger partial charge is 0.497 e. The summed E-state index contributed by atoms with van der Waals surface area (Å²) in [5, 5.41) is 3.37. The molecular formula is C11H17NOS. The fourth-order valence-electron chi connectivity index (χ4n) is 1.29. The molecule has 0 aromatic heterocycles. The molecular weight excluding hydrogens is 194 g/mol. The van der Waals surface area contributed by atoms with Crippen LogP contribution in [0.4, 0.5) is 0 Å². The van der Waals surface area contributed by atoms with Gasteiger partial charge < -0.3 is 10.1 Å². The maximum absolute atomic E-state index is 5.10. The first-order chi connectivity index (χ1) is 6.77. The average Bonchev–Trinajstić information content (AvgIpc) is 2.26. The van der Waals surface area contributed by atoms with Crippen molar-refractivity contribution in [3.63, 3.8) is 0 Å². The van der Waals surface area contributed by atoms with E-state index >= 15 is 0 Å². The van der Waals surface area contributed by atoms with Gasteiger partial charge in [0.2, 0.25) is 0 Å². The smallest absolute Gasteiger partial charge is 0.118 e. The Morgan fingerprint density at radius 3 is 2.50 bits per heavy atom. The van der Waals surface area contributed by atoms with Crippen LogP contribution in [0.3, 0.4) is 0 Å². The molecule has 0 saturated carbocycles. The van der Waals surface area contributed by atoms with Gasteiger partial charge in [0.25, 0.3) is 0 Å². The highest BCUT2D eigenvalue weighted by molar-refractivity contribution is 7.80. The van der Waals surface area contributed by atoms with Gasteiger partial charge in [0.1, 0.15) is 5.75 Å². The van der Waals surface area contributed by atoms with Crippen LogP contribution in [0.25, 0.3) is 0 Å². The minimum atomic E-state index is 0.369. The van der Waals surface area contributed by atoms with Gasteiger partial charge in [-0.2, -0.15) is 12.6 Å². The van der Waals surface area contributed by atoms with Gasteiger partial charge in [-0.25, -0.2) is 0 Å². The third-order valence-corrected chi connectivity index (χ3v) is 2.40. The Morgan fingerprint density at radius 1 is 1.36 bits per heavy atom. The van der Waals surface area contributed by atoms with E-state index in [2.05, 4.69) is 37.0 Å². The van der Waals surface area contributed by atoms with E-state index in [1.54, 1.807) is 7.11 Å². The molecule has 1 unspecified atom stereocenters. The maximum atomic E-state index is 5.10. The lowest BCUT2D eigenvalue weighted by Crippen LogP contribution is -2.20. The van der Waals surface area contributed by atoms with Crippen LogP contribution in [0.15, 0.2) is 24.3 Å². The van der Waals surface area contributed by atoms with Crippen LogP contribution < -0.4 is 10.1 Å². The van der Waals surface area contributed by atoms with Crippen LogP contribution in [0.5, 0.6) is 5.75 Å². The van der Waals surface area contributed by atoms with Gasteiger partial charge in [-0.1, -0.05) is 12.1 Å². The monoisotopic (exact) mass is 211 g/mol. The van der Waals surface area contributed by atoms with Crippen LogP contribution in [-0.2, 0) is 0 Å². The molecule has 1 atom stereocenters. The van der Waals surface area contributed by atoms with E-state index in [1.165, 1.54) is 5.56 Å². The Morgan fingerprint density at radius 2 is 2.00 bits per heavy atom. The minimum Gasteiger partial charge on any atom is -0.497 e. The Bertz CT molecular complexity index is 260. The molecule has 78 valence electrons. The lowest BCUT2D eigenvalue weighted by Gasteiger charge is -2.13. The van der Waals surface area contributed by atoms with Gasteiger partial charge in [-0.3, -0.25) is 0 Å². The quantitative estimate of drug-likeness (QED) is 0.729. The molecule has 14 heavy (non-hydrogen) atoms. The predicted octanol–water partition coefficient (Wildman–Crippen LogP) is 2.28. The molecule has 2 nitrogen and oxygen atoms in total. The van der Waals surface area contributed by atoms with Crippen LogP contribution >= 0.6 is 12.6 Å². The number of methoxy groups -OCH3 is 1. The number of thiol groups is 1. The number of rotatable bonds is 5. The molecule has 0 bridgehead atoms. The summed E-state index contributed by atoms with van der Waals surface area (Å²) < 4.78 is 5.10. The van der Waals surface area contributed by atoms with Gasteiger partial charge in [-0.05, 0) is 24.6 Å². The van der Waals surface area contributed by atoms with Crippen molar-refractivity contribution in [3.05, 3.63) is 29.8 Å². The van der Waals surface area contributed by atoms with Crippen molar-refractivity contribution < 1.29 is 4.74 Å². The van der Waals surface area contributed by atoms with E-state index in [-0.39, 0.29) is 0 Å². The average molecular weight is 211 g/mol. The summed E-state index contributed by atoms with van der Waals surface area (Å²) in [6.45, 7) is 3.07. The van der Waals surface area contributed by atoms with Crippen molar-refractivity contribution in [2.45, 2.75) is 13.0 Å². The number of benzene rings is 1. The molecule has 0 heterocycles. The summed E-state index contributed by atoms with van der Waals surface area (Å²) in [4.78, 5) is 0. The fourth-order valence-corrected chi connectivity index (χ4v) is 1.42. The highest BCUT2D eigenvalue weighted by atomic mass is 32.1. The molecule has 1 rings (SSSR count). The van der Waals surface area contributed by atoms with Crippen molar-refractivity contribution in [2.75, 3.05) is 19.4 Å². The summed E-state index contributed by atoms with van der Waals surface area (Å²) in [5.41, 5.74) is 1.27. The summed E-state index contributed by atoms with van der Waals surface area (Å²) in [7, 11) is 1.68. The van der Waals surface area contributed by atoms with Crippen molar-refractivity contribution in [2.24, 2.45) is 0 Å². The molecule has 0 fully saturated rings. The van der Waals surface area contributed by atoms with E-state index in [0.717, 1.165) is 18.0 Å². The Labute approximate surface area is 91.1 Å². The molecule has 0 amide bonds. The van der Waals surface area contributed by atoms with Crippen LogP contribution in [-0.4, -0.2) is 19.4 Å². The van der Waals surface area contributed by atoms with Gasteiger partial charge in [0.15, 0.2) is 0 Å². The third kappa shape index (κ3) is 3.24. The first-order valence-corrected chi connectivity index (χ1v) is 5.39. The van der Waals surface area contributed by atoms with Gasteiger partial charge in [-0.15, -0.1) is 0 Å². The summed E-state index contributed by atoms with van der Waals surface area (Å²) in [5.74, 6) is 1.76. The lowest BCUT2D eigenvalue weighted by atomic mass is 10.1. The van der Waals surface area contributed by atoms with E-state index < -0.39 is 0 Å². The Balaban J connectivity index is 2.57. The predicted molar refractivity (Wildman–Crippen MR) is 63.3 cm³/mol. The van der Waals surface area contributed by atoms with Crippen LogP contribution in [0.1, 0.15) is 18.5 Å². The van der Waals surface area contributed by atoms with Crippen LogP contribution in [0.2, 0.25) is 0 Å². The zero-order valence-corrected chi connectivity index (χ0v) is 9.55. The van der Waals surface area contributed by atoms with Gasteiger partial charge >= 0.3 is 0 Å². The van der Waals surface area contributed by atoms with Crippen molar-refractivity contribution >= 4 is 12.6 Å². The summed E-state index contributed by atoms with van der Waals surface area (Å²) in [6, 6.07) is 8.49. The van der Waals surface area contributed by atoms with E-state index in [9.17, 15) is 0 Å². The van der Waals surface area contributed by atoms with Gasteiger partial charge in [0.05, 0.1) is 7.11 Å². The fraction of sp³-hybridized carbons (Fsp3) is 0.455. The van der Waals surface area contributed by atoms with Gasteiger partial charge in [0, 0.05) is 18.3 Å². The summed E-state index contributed by atoms with van der Waals surface area (Å²) >= 11 is 4.16. The second-order valence-electron chi connectivity index (χ2n) is 3.17. The molecule has 0 radical (unpaired) electrons. The molecule has 0 aliphatic rings. The lowest BCUT2D eigenvalue weighted by molar-refractivity contribution is 0.414. The molecule has 0 aliphatic carbocycles. The zero-order valence-electron chi connectivity index (χ0n) is 8.66. The minimum absolute atomic E-state index is 0.369. The van der Waals surface area contributed by atoms with Crippen molar-refractivity contribution in [1.29, 1.82) is 0 Å². The molecule has 1 aromatic rings. The van der Waals surface area contributed by atoms with Crippen molar-refractivity contribution in [1.82, 2.24) is 5.32 Å². The van der Waals surface area contributed by atoms with Crippen LogP contribution in [0, 0.1) is 0 Å². The SMILES string of the molecule is COc1ccc(C(C)NCCS)cc1. The second-order valence-corrected chi connectivity index (χ2v) is 3.62. The number of hydrogen-bond donors (Lipinski definition) is 2. The topological polar surface area (TPSA) is 21.3 Å². The molecule has 0 saturated heterocycles. The third-order valence-electron chi connectivity index (χ3n) is 2.18. The van der Waals surface area contributed by atoms with E-state index in [0.29, 0.717) is 6.04 Å². The molecule has 3 heteroatoms. The maximum Gasteiger partial charge on any atom is 0.118 e. The molecule has 0 spiro atoms. The Kier molecular flexibility index (Phi) is 4.84.